The molecule has 2 rings (SSSR count). The Bertz CT molecular complexity index is 396. The van der Waals surface area contributed by atoms with E-state index in [1.807, 2.05) is 24.3 Å². The van der Waals surface area contributed by atoms with Crippen LogP contribution in [0.3, 0.4) is 0 Å². The fraction of sp³-hybridized carbons (Fsp3) is 0.182. The van der Waals surface area contributed by atoms with Crippen molar-refractivity contribution >= 4 is 12.0 Å². The maximum absolute atomic E-state index is 10.8. The summed E-state index contributed by atoms with van der Waals surface area (Å²) in [5.74, 6) is 0.822. The summed E-state index contributed by atoms with van der Waals surface area (Å²) in [7, 11) is 1.81. The van der Waals surface area contributed by atoms with Crippen molar-refractivity contribution in [2.75, 3.05) is 13.7 Å². The number of carbonyl (C=O) groups excluding carboxylic acids is 1. The van der Waals surface area contributed by atoms with Gasteiger partial charge in [-0.15, -0.1) is 0 Å². The zero-order chi connectivity index (χ0) is 9.97. The van der Waals surface area contributed by atoms with E-state index in [0.29, 0.717) is 12.2 Å². The first-order valence-electron chi connectivity index (χ1n) is 4.45. The van der Waals surface area contributed by atoms with E-state index in [0.717, 1.165) is 23.3 Å². The molecule has 0 bridgehead atoms. The zero-order valence-electron chi connectivity index (χ0n) is 7.91. The van der Waals surface area contributed by atoms with E-state index in [4.69, 9.17) is 4.74 Å². The molecule has 0 unspecified atom stereocenters. The van der Waals surface area contributed by atoms with Gasteiger partial charge in [-0.2, -0.15) is 0 Å². The molecular weight excluding hydrogens is 178 g/mol. The lowest BCUT2D eigenvalue weighted by Gasteiger charge is -2.21. The summed E-state index contributed by atoms with van der Waals surface area (Å²) < 4.78 is 5.43. The lowest BCUT2D eigenvalue weighted by molar-refractivity contribution is -0.105. The highest BCUT2D eigenvalue weighted by Gasteiger charge is 2.17. The van der Waals surface area contributed by atoms with E-state index in [-0.39, 0.29) is 0 Å². The smallest absolute Gasteiger partial charge is 0.151 e. The Labute approximate surface area is 82.4 Å². The Morgan fingerprint density at radius 1 is 1.43 bits per heavy atom. The minimum absolute atomic E-state index is 0.344. The van der Waals surface area contributed by atoms with Gasteiger partial charge >= 0.3 is 0 Å². The lowest BCUT2D eigenvalue weighted by Crippen LogP contribution is -2.18. The number of hydrogen-bond acceptors (Lipinski definition) is 3. The topological polar surface area (TPSA) is 38.3 Å². The van der Waals surface area contributed by atoms with Crippen LogP contribution in [0.25, 0.3) is 5.70 Å². The molecule has 0 atom stereocenters. The van der Waals surface area contributed by atoms with Crippen molar-refractivity contribution in [3.63, 3.8) is 0 Å². The molecule has 1 aliphatic heterocycles. The number of rotatable bonds is 2. The normalized spacial score (nSPS) is 14.4. The maximum atomic E-state index is 10.8. The minimum Gasteiger partial charge on any atom is -0.488 e. The molecule has 72 valence electrons. The van der Waals surface area contributed by atoms with Crippen molar-refractivity contribution in [1.29, 1.82) is 0 Å². The molecular formula is C11H11NO2. The average molecular weight is 189 g/mol. The Morgan fingerprint density at radius 2 is 2.21 bits per heavy atom. The molecule has 0 saturated heterocycles. The summed E-state index contributed by atoms with van der Waals surface area (Å²) in [5, 5.41) is 3.03. The van der Waals surface area contributed by atoms with E-state index in [9.17, 15) is 4.79 Å². The molecule has 0 aliphatic carbocycles. The zero-order valence-corrected chi connectivity index (χ0v) is 7.91. The molecule has 0 radical (unpaired) electrons. The standard InChI is InChI=1S/C11H11NO2/c1-12-11-8(6-13)7-14-10-5-3-2-4-9(10)11/h2-6,12H,7H2,1H3. The van der Waals surface area contributed by atoms with Gasteiger partial charge in [0.2, 0.25) is 0 Å². The van der Waals surface area contributed by atoms with Crippen molar-refractivity contribution in [1.82, 2.24) is 5.32 Å². The molecule has 0 fully saturated rings. The molecule has 3 heteroatoms. The van der Waals surface area contributed by atoms with E-state index in [1.54, 1.807) is 7.05 Å². The van der Waals surface area contributed by atoms with Gasteiger partial charge in [0.15, 0.2) is 6.29 Å². The predicted octanol–water partition coefficient (Wildman–Crippen LogP) is 1.21. The van der Waals surface area contributed by atoms with Gasteiger partial charge in [-0.05, 0) is 12.1 Å². The molecule has 0 amide bonds. The summed E-state index contributed by atoms with van der Waals surface area (Å²) in [6.45, 7) is 0.344. The SMILES string of the molecule is CNC1=C(C=O)COc2ccccc21. The first kappa shape index (κ1) is 8.81. The monoisotopic (exact) mass is 189 g/mol. The van der Waals surface area contributed by atoms with E-state index >= 15 is 0 Å². The van der Waals surface area contributed by atoms with Crippen LogP contribution in [0.15, 0.2) is 29.8 Å². The molecule has 14 heavy (non-hydrogen) atoms. The summed E-state index contributed by atoms with van der Waals surface area (Å²) in [6.07, 6.45) is 0.835. The van der Waals surface area contributed by atoms with Gasteiger partial charge in [-0.25, -0.2) is 0 Å². The van der Waals surface area contributed by atoms with Crippen LogP contribution in [0.4, 0.5) is 0 Å². The van der Waals surface area contributed by atoms with Crippen LogP contribution in [0.2, 0.25) is 0 Å². The van der Waals surface area contributed by atoms with Crippen LogP contribution < -0.4 is 10.1 Å². The Morgan fingerprint density at radius 3 is 2.93 bits per heavy atom. The first-order valence-corrected chi connectivity index (χ1v) is 4.45. The Kier molecular flexibility index (Phi) is 2.23. The first-order chi connectivity index (χ1) is 6.86. The van der Waals surface area contributed by atoms with Crippen LogP contribution in [0.5, 0.6) is 5.75 Å². The quantitative estimate of drug-likeness (QED) is 0.710. The fourth-order valence-corrected chi connectivity index (χ4v) is 1.59. The molecule has 0 saturated carbocycles. The molecule has 1 aliphatic rings. The second-order valence-corrected chi connectivity index (χ2v) is 3.05. The highest BCUT2D eigenvalue weighted by molar-refractivity contribution is 5.90. The van der Waals surface area contributed by atoms with Gasteiger partial charge < -0.3 is 10.1 Å². The van der Waals surface area contributed by atoms with E-state index in [1.165, 1.54) is 0 Å². The van der Waals surface area contributed by atoms with Crippen molar-refractivity contribution in [2.45, 2.75) is 0 Å². The van der Waals surface area contributed by atoms with E-state index in [2.05, 4.69) is 5.32 Å². The third-order valence-corrected chi connectivity index (χ3v) is 2.25. The van der Waals surface area contributed by atoms with Gasteiger partial charge in [-0.3, -0.25) is 4.79 Å². The number of aldehydes is 1. The average Bonchev–Trinajstić information content (AvgIpc) is 2.27. The fourth-order valence-electron chi connectivity index (χ4n) is 1.59. The summed E-state index contributed by atoms with van der Waals surface area (Å²) in [5.41, 5.74) is 2.47. The number of benzene rings is 1. The second-order valence-electron chi connectivity index (χ2n) is 3.05. The Hall–Kier alpha value is -1.77. The van der Waals surface area contributed by atoms with Crippen molar-refractivity contribution in [3.8, 4) is 5.75 Å². The molecule has 0 aromatic heterocycles. The Balaban J connectivity index is 2.57. The molecule has 1 aromatic carbocycles. The number of ether oxygens (including phenoxy) is 1. The predicted molar refractivity (Wildman–Crippen MR) is 54.0 cm³/mol. The lowest BCUT2D eigenvalue weighted by atomic mass is 10.0. The molecule has 3 nitrogen and oxygen atoms in total. The van der Waals surface area contributed by atoms with Crippen molar-refractivity contribution in [3.05, 3.63) is 35.4 Å². The number of fused-ring (bicyclic) bond motifs is 1. The summed E-state index contributed by atoms with van der Waals surface area (Å²) >= 11 is 0. The maximum Gasteiger partial charge on any atom is 0.151 e. The molecule has 1 aromatic rings. The van der Waals surface area contributed by atoms with Crippen LogP contribution in [-0.2, 0) is 4.79 Å². The van der Waals surface area contributed by atoms with Gasteiger partial charge in [0.1, 0.15) is 12.4 Å². The number of carbonyl (C=O) groups is 1. The van der Waals surface area contributed by atoms with Crippen molar-refractivity contribution in [2.24, 2.45) is 0 Å². The van der Waals surface area contributed by atoms with Crippen LogP contribution >= 0.6 is 0 Å². The highest BCUT2D eigenvalue weighted by Crippen LogP contribution is 2.29. The van der Waals surface area contributed by atoms with E-state index < -0.39 is 0 Å². The van der Waals surface area contributed by atoms with Crippen molar-refractivity contribution < 1.29 is 9.53 Å². The number of hydrogen-bond donors (Lipinski definition) is 1. The van der Waals surface area contributed by atoms with Gasteiger partial charge in [0.25, 0.3) is 0 Å². The van der Waals surface area contributed by atoms with Gasteiger partial charge in [0.05, 0.1) is 11.3 Å². The second kappa shape index (κ2) is 3.54. The van der Waals surface area contributed by atoms with Crippen LogP contribution in [-0.4, -0.2) is 19.9 Å². The third kappa shape index (κ3) is 1.27. The largest absolute Gasteiger partial charge is 0.488 e. The molecule has 1 heterocycles. The van der Waals surface area contributed by atoms with Gasteiger partial charge in [0, 0.05) is 12.6 Å². The van der Waals surface area contributed by atoms with Gasteiger partial charge in [-0.1, -0.05) is 12.1 Å². The molecule has 1 N–H and O–H groups in total. The third-order valence-electron chi connectivity index (χ3n) is 2.25. The minimum atomic E-state index is 0.344. The summed E-state index contributed by atoms with van der Waals surface area (Å²) in [6, 6.07) is 7.67. The number of nitrogens with one attached hydrogen (secondary N) is 1. The highest BCUT2D eigenvalue weighted by atomic mass is 16.5. The molecule has 0 spiro atoms. The van der Waals surface area contributed by atoms with Crippen LogP contribution in [0.1, 0.15) is 5.56 Å². The number of para-hydroxylation sites is 1. The van der Waals surface area contributed by atoms with Crippen LogP contribution in [0, 0.1) is 0 Å². The summed E-state index contributed by atoms with van der Waals surface area (Å²) in [4.78, 5) is 10.8.